The van der Waals surface area contributed by atoms with Crippen LogP contribution < -0.4 is 15.0 Å². The van der Waals surface area contributed by atoms with Crippen LogP contribution in [-0.2, 0) is 9.53 Å². The van der Waals surface area contributed by atoms with Gasteiger partial charge in [-0.1, -0.05) is 18.2 Å². The average Bonchev–Trinajstić information content (AvgIpc) is 3.82. The number of anilines is 1. The van der Waals surface area contributed by atoms with Crippen molar-refractivity contribution in [3.8, 4) is 23.1 Å². The van der Waals surface area contributed by atoms with Crippen LogP contribution in [0.4, 0.5) is 10.5 Å². The summed E-state index contributed by atoms with van der Waals surface area (Å²) in [7, 11) is 3.15. The number of alkyl carbamates (subject to hydrolysis) is 1. The molecule has 1 N–H and O–H groups in total. The number of hydrogen-bond acceptors (Lipinski definition) is 7. The lowest BCUT2D eigenvalue weighted by molar-refractivity contribution is -0.124. The molecule has 45 heavy (non-hydrogen) atoms. The molecule has 3 fully saturated rings. The monoisotopic (exact) mass is 610 g/mol. The Morgan fingerprint density at radius 3 is 2.44 bits per heavy atom. The van der Waals surface area contributed by atoms with Crippen molar-refractivity contribution in [2.45, 2.75) is 82.1 Å². The topological polar surface area (TPSA) is 118 Å². The van der Waals surface area contributed by atoms with Crippen LogP contribution in [0, 0.1) is 23.2 Å². The molecule has 0 saturated heterocycles. The Kier molecular flexibility index (Phi) is 9.39. The van der Waals surface area contributed by atoms with E-state index in [4.69, 9.17) is 18.9 Å². The van der Waals surface area contributed by atoms with Gasteiger partial charge in [0.1, 0.15) is 29.9 Å². The molecule has 1 heterocycles. The quantitative estimate of drug-likeness (QED) is 0.270. The summed E-state index contributed by atoms with van der Waals surface area (Å²) in [5, 5.41) is 12.1. The van der Waals surface area contributed by atoms with E-state index in [1.54, 1.807) is 20.4 Å². The molecule has 1 aromatic heterocycles. The third kappa shape index (κ3) is 7.16. The van der Waals surface area contributed by atoms with E-state index in [1.807, 2.05) is 35.2 Å². The Bertz CT molecular complexity index is 1540. The fraction of sp³-hybridized carbons (Fsp3) is 0.500. The zero-order valence-corrected chi connectivity index (χ0v) is 26.2. The van der Waals surface area contributed by atoms with Crippen molar-refractivity contribution in [3.63, 3.8) is 0 Å². The highest BCUT2D eigenvalue weighted by molar-refractivity contribution is 5.95. The number of nitriles is 1. The van der Waals surface area contributed by atoms with E-state index in [2.05, 4.69) is 23.5 Å². The molecule has 0 bridgehead atoms. The van der Waals surface area contributed by atoms with Crippen molar-refractivity contribution in [2.75, 3.05) is 25.6 Å². The van der Waals surface area contributed by atoms with Crippen molar-refractivity contribution in [3.05, 3.63) is 65.7 Å². The fourth-order valence-corrected chi connectivity index (χ4v) is 6.96. The maximum atomic E-state index is 14.3. The smallest absolute Gasteiger partial charge is 0.407 e. The first kappa shape index (κ1) is 30.7. The first-order chi connectivity index (χ1) is 21.9. The van der Waals surface area contributed by atoms with Gasteiger partial charge in [-0.3, -0.25) is 4.79 Å². The Morgan fingerprint density at radius 1 is 1.00 bits per heavy atom. The highest BCUT2D eigenvalue weighted by atomic mass is 16.6. The van der Waals surface area contributed by atoms with Gasteiger partial charge in [-0.05, 0) is 106 Å². The number of ether oxygens (including phenoxy) is 2. The number of carbonyl (C=O) groups excluding carboxylic acids is 2. The minimum Gasteiger partial charge on any atom is -0.495 e. The lowest BCUT2D eigenvalue weighted by Crippen LogP contribution is -2.42. The van der Waals surface area contributed by atoms with Crippen molar-refractivity contribution in [1.29, 1.82) is 5.26 Å². The van der Waals surface area contributed by atoms with Crippen LogP contribution in [-0.4, -0.2) is 43.8 Å². The zero-order chi connectivity index (χ0) is 31.3. The van der Waals surface area contributed by atoms with Gasteiger partial charge in [0.15, 0.2) is 5.89 Å². The molecule has 0 unspecified atom stereocenters. The predicted octanol–water partition coefficient (Wildman–Crippen LogP) is 7.32. The SMILES string of the molecule is CNC(=O)OC1CCC(C(=O)N(CC2CCC(c3ccc(OC)c(C#N)c3)CC2)c2cccc(-c3coc(C4CC4)n3)c2)CC1. The van der Waals surface area contributed by atoms with Crippen LogP contribution in [0.3, 0.4) is 0 Å². The Morgan fingerprint density at radius 2 is 1.76 bits per heavy atom. The Hall–Kier alpha value is -4.32. The first-order valence-corrected chi connectivity index (χ1v) is 16.3. The molecule has 3 saturated carbocycles. The average molecular weight is 611 g/mol. The summed E-state index contributed by atoms with van der Waals surface area (Å²) >= 11 is 0. The van der Waals surface area contributed by atoms with E-state index in [1.165, 1.54) is 5.56 Å². The molecule has 9 nitrogen and oxygen atoms in total. The summed E-state index contributed by atoms with van der Waals surface area (Å²) in [5.74, 6) is 2.61. The van der Waals surface area contributed by atoms with Gasteiger partial charge < -0.3 is 24.1 Å². The molecule has 236 valence electrons. The van der Waals surface area contributed by atoms with Crippen LogP contribution in [0.1, 0.15) is 93.1 Å². The Balaban J connectivity index is 1.18. The van der Waals surface area contributed by atoms with E-state index in [0.717, 1.165) is 61.4 Å². The lowest BCUT2D eigenvalue weighted by atomic mass is 9.78. The van der Waals surface area contributed by atoms with E-state index in [9.17, 15) is 14.9 Å². The van der Waals surface area contributed by atoms with Crippen molar-refractivity contribution < 1.29 is 23.5 Å². The minimum atomic E-state index is -0.421. The molecule has 3 aliphatic carbocycles. The summed E-state index contributed by atoms with van der Waals surface area (Å²) < 4.78 is 16.6. The molecule has 2 aromatic carbocycles. The standard InChI is InChI=1S/C36H42N4O5/c1-38-36(42)45-31-15-12-26(13-16-31)35(41)40(30-5-3-4-28(19-30)32-22-44-34(39-32)25-10-11-25)21-23-6-8-24(9-7-23)27-14-17-33(43-2)29(18-27)20-37/h3-5,14,17-19,22-26,31H,6-13,15-16,21H2,1-2H3,(H,38,42). The molecular formula is C36H42N4O5. The summed E-state index contributed by atoms with van der Waals surface area (Å²) in [6.45, 7) is 0.655. The molecular weight excluding hydrogens is 568 g/mol. The van der Waals surface area contributed by atoms with E-state index >= 15 is 0 Å². The number of aromatic nitrogens is 1. The van der Waals surface area contributed by atoms with Gasteiger partial charge in [0.05, 0.1) is 12.7 Å². The van der Waals surface area contributed by atoms with Gasteiger partial charge in [0, 0.05) is 36.7 Å². The number of carbonyl (C=O) groups is 2. The second-order valence-electron chi connectivity index (χ2n) is 12.8. The van der Waals surface area contributed by atoms with Gasteiger partial charge in [-0.25, -0.2) is 9.78 Å². The number of benzene rings is 2. The highest BCUT2D eigenvalue weighted by Crippen LogP contribution is 2.41. The normalized spacial score (nSPS) is 23.0. The maximum Gasteiger partial charge on any atom is 0.407 e. The van der Waals surface area contributed by atoms with E-state index in [0.29, 0.717) is 61.3 Å². The summed E-state index contributed by atoms with van der Waals surface area (Å²) in [6, 6.07) is 16.3. The zero-order valence-electron chi connectivity index (χ0n) is 26.2. The number of rotatable bonds is 9. The third-order valence-electron chi connectivity index (χ3n) is 9.77. The number of hydrogen-bond donors (Lipinski definition) is 1. The minimum absolute atomic E-state index is 0.119. The van der Waals surface area contributed by atoms with Crippen LogP contribution in [0.5, 0.6) is 5.75 Å². The molecule has 2 amide bonds. The number of oxazole rings is 1. The van der Waals surface area contributed by atoms with Crippen LogP contribution >= 0.6 is 0 Å². The maximum absolute atomic E-state index is 14.3. The molecule has 6 rings (SSSR count). The van der Waals surface area contributed by atoms with Gasteiger partial charge in [-0.2, -0.15) is 5.26 Å². The molecule has 0 aliphatic heterocycles. The number of amides is 2. The molecule has 9 heteroatoms. The number of nitrogens with one attached hydrogen (secondary N) is 1. The molecule has 0 radical (unpaired) electrons. The van der Waals surface area contributed by atoms with Crippen LogP contribution in [0.25, 0.3) is 11.3 Å². The second-order valence-corrected chi connectivity index (χ2v) is 12.8. The second kappa shape index (κ2) is 13.8. The first-order valence-electron chi connectivity index (χ1n) is 16.3. The summed E-state index contributed by atoms with van der Waals surface area (Å²) in [5.41, 5.74) is 4.38. The van der Waals surface area contributed by atoms with Crippen molar-refractivity contribution in [1.82, 2.24) is 10.3 Å². The molecule has 3 aliphatic rings. The van der Waals surface area contributed by atoms with Gasteiger partial charge in [0.2, 0.25) is 5.91 Å². The highest BCUT2D eigenvalue weighted by Gasteiger charge is 2.34. The van der Waals surface area contributed by atoms with Crippen molar-refractivity contribution >= 4 is 17.7 Å². The Labute approximate surface area is 264 Å². The predicted molar refractivity (Wildman–Crippen MR) is 170 cm³/mol. The van der Waals surface area contributed by atoms with Gasteiger partial charge in [0.25, 0.3) is 0 Å². The molecule has 0 atom stereocenters. The van der Waals surface area contributed by atoms with Crippen LogP contribution in [0.15, 0.2) is 53.1 Å². The van der Waals surface area contributed by atoms with Gasteiger partial charge in [-0.15, -0.1) is 0 Å². The summed E-state index contributed by atoms with van der Waals surface area (Å²) in [4.78, 5) is 32.7. The lowest BCUT2D eigenvalue weighted by Gasteiger charge is -2.36. The molecule has 3 aromatic rings. The van der Waals surface area contributed by atoms with E-state index < -0.39 is 6.09 Å². The van der Waals surface area contributed by atoms with Crippen LogP contribution in [0.2, 0.25) is 0 Å². The summed E-state index contributed by atoms with van der Waals surface area (Å²) in [6.07, 6.45) is 10.2. The van der Waals surface area contributed by atoms with E-state index in [-0.39, 0.29) is 17.9 Å². The largest absolute Gasteiger partial charge is 0.495 e. The number of nitrogens with zero attached hydrogens (tertiary/aromatic N) is 3. The fourth-order valence-electron chi connectivity index (χ4n) is 6.96. The van der Waals surface area contributed by atoms with Crippen molar-refractivity contribution in [2.24, 2.45) is 11.8 Å². The molecule has 0 spiro atoms. The third-order valence-corrected chi connectivity index (χ3v) is 9.77. The number of methoxy groups -OCH3 is 1. The van der Waals surface area contributed by atoms with Gasteiger partial charge >= 0.3 is 6.09 Å².